The van der Waals surface area contributed by atoms with E-state index in [9.17, 15) is 9.18 Å². The monoisotopic (exact) mass is 406 g/mol. The lowest BCUT2D eigenvalue weighted by molar-refractivity contribution is -0.122. The number of benzene rings is 2. The molecular formula is C18H16BrFN2O3. The van der Waals surface area contributed by atoms with Crippen LogP contribution in [0, 0.1) is 5.82 Å². The number of oxazole rings is 1. The Balaban J connectivity index is 1.70. The molecule has 0 fully saturated rings. The lowest BCUT2D eigenvalue weighted by atomic mass is 10.2. The fraction of sp³-hybridized carbons (Fsp3) is 0.222. The van der Waals surface area contributed by atoms with E-state index in [1.165, 1.54) is 18.2 Å². The molecule has 1 amide bonds. The molecule has 1 atom stereocenters. The molecule has 130 valence electrons. The number of aryl methyl sites for hydroxylation is 1. The van der Waals surface area contributed by atoms with Gasteiger partial charge < -0.3 is 14.5 Å². The maximum absolute atomic E-state index is 13.1. The van der Waals surface area contributed by atoms with Gasteiger partial charge in [-0.05, 0) is 59.3 Å². The molecule has 5 nitrogen and oxygen atoms in total. The molecule has 0 aliphatic carbocycles. The van der Waals surface area contributed by atoms with E-state index < -0.39 is 6.10 Å². The van der Waals surface area contributed by atoms with Gasteiger partial charge in [0.15, 0.2) is 17.6 Å². The Morgan fingerprint density at radius 3 is 2.88 bits per heavy atom. The number of aromatic nitrogens is 1. The molecule has 2 aromatic carbocycles. The highest BCUT2D eigenvalue weighted by molar-refractivity contribution is 9.10. The van der Waals surface area contributed by atoms with E-state index in [0.717, 1.165) is 0 Å². The van der Waals surface area contributed by atoms with Crippen LogP contribution in [0.5, 0.6) is 5.75 Å². The molecule has 7 heteroatoms. The van der Waals surface area contributed by atoms with Gasteiger partial charge in [0.1, 0.15) is 17.1 Å². The first-order valence-corrected chi connectivity index (χ1v) is 8.57. The maximum Gasteiger partial charge on any atom is 0.265 e. The predicted octanol–water partition coefficient (Wildman–Crippen LogP) is 4.70. The van der Waals surface area contributed by atoms with Crippen LogP contribution in [0.4, 0.5) is 10.1 Å². The minimum Gasteiger partial charge on any atom is -0.480 e. The number of carbonyl (C=O) groups excluding carboxylic acids is 1. The Labute approximate surface area is 152 Å². The van der Waals surface area contributed by atoms with Gasteiger partial charge in [0.2, 0.25) is 0 Å². The lowest BCUT2D eigenvalue weighted by Gasteiger charge is -2.15. The highest BCUT2D eigenvalue weighted by Crippen LogP contribution is 2.27. The lowest BCUT2D eigenvalue weighted by Crippen LogP contribution is -2.30. The number of anilines is 1. The van der Waals surface area contributed by atoms with Crippen molar-refractivity contribution in [1.29, 1.82) is 0 Å². The van der Waals surface area contributed by atoms with Crippen LogP contribution in [0.15, 0.2) is 45.3 Å². The number of rotatable bonds is 5. The molecule has 0 radical (unpaired) electrons. The number of nitrogens with one attached hydrogen (secondary N) is 1. The Morgan fingerprint density at radius 1 is 1.36 bits per heavy atom. The van der Waals surface area contributed by atoms with Gasteiger partial charge in [0.05, 0.1) is 4.47 Å². The highest BCUT2D eigenvalue weighted by Gasteiger charge is 2.17. The van der Waals surface area contributed by atoms with Gasteiger partial charge in [-0.15, -0.1) is 0 Å². The average molecular weight is 407 g/mol. The number of nitrogens with zero attached hydrogens (tertiary/aromatic N) is 1. The quantitative estimate of drug-likeness (QED) is 0.666. The van der Waals surface area contributed by atoms with Crippen LogP contribution in [-0.2, 0) is 11.2 Å². The number of hydrogen-bond donors (Lipinski definition) is 1. The smallest absolute Gasteiger partial charge is 0.265 e. The zero-order valence-electron chi connectivity index (χ0n) is 13.7. The number of halogens is 2. The van der Waals surface area contributed by atoms with Crippen molar-refractivity contribution < 1.29 is 18.3 Å². The van der Waals surface area contributed by atoms with E-state index in [0.29, 0.717) is 39.3 Å². The number of amides is 1. The molecule has 1 heterocycles. The summed E-state index contributed by atoms with van der Waals surface area (Å²) in [7, 11) is 0. The molecule has 0 spiro atoms. The normalized spacial score (nSPS) is 12.2. The van der Waals surface area contributed by atoms with Crippen molar-refractivity contribution in [2.75, 3.05) is 5.32 Å². The third-order valence-corrected chi connectivity index (χ3v) is 4.19. The number of carbonyl (C=O) groups is 1. The Bertz CT molecular complexity index is 926. The van der Waals surface area contributed by atoms with Crippen LogP contribution in [-0.4, -0.2) is 17.0 Å². The van der Waals surface area contributed by atoms with Crippen molar-refractivity contribution >= 4 is 38.6 Å². The fourth-order valence-electron chi connectivity index (χ4n) is 2.26. The summed E-state index contributed by atoms with van der Waals surface area (Å²) in [4.78, 5) is 16.7. The van der Waals surface area contributed by atoms with Crippen LogP contribution >= 0.6 is 15.9 Å². The van der Waals surface area contributed by atoms with E-state index >= 15 is 0 Å². The first-order chi connectivity index (χ1) is 12.0. The molecule has 3 aromatic rings. The van der Waals surface area contributed by atoms with Gasteiger partial charge in [-0.2, -0.15) is 0 Å². The topological polar surface area (TPSA) is 64.4 Å². The SMILES string of the molecule is CCc1nc2cc(NC(=O)C(C)Oc3ccc(F)cc3Br)ccc2o1. The summed E-state index contributed by atoms with van der Waals surface area (Å²) >= 11 is 3.21. The highest BCUT2D eigenvalue weighted by atomic mass is 79.9. The molecule has 1 aromatic heterocycles. The molecule has 25 heavy (non-hydrogen) atoms. The summed E-state index contributed by atoms with van der Waals surface area (Å²) in [6, 6.07) is 9.27. The maximum atomic E-state index is 13.1. The number of hydrogen-bond acceptors (Lipinski definition) is 4. The number of fused-ring (bicyclic) bond motifs is 1. The zero-order chi connectivity index (χ0) is 18.0. The number of ether oxygens (including phenoxy) is 1. The minimum absolute atomic E-state index is 0.324. The second-order valence-electron chi connectivity index (χ2n) is 5.47. The molecule has 0 aliphatic heterocycles. The van der Waals surface area contributed by atoms with E-state index in [4.69, 9.17) is 9.15 Å². The van der Waals surface area contributed by atoms with Gasteiger partial charge in [-0.25, -0.2) is 9.37 Å². The summed E-state index contributed by atoms with van der Waals surface area (Å²) in [5.74, 6) is 0.332. The molecule has 0 bridgehead atoms. The summed E-state index contributed by atoms with van der Waals surface area (Å²) in [6.45, 7) is 3.58. The van der Waals surface area contributed by atoms with Crippen LogP contribution in [0.3, 0.4) is 0 Å². The van der Waals surface area contributed by atoms with Gasteiger partial charge in [-0.3, -0.25) is 4.79 Å². The van der Waals surface area contributed by atoms with Crippen LogP contribution in [0.2, 0.25) is 0 Å². The van der Waals surface area contributed by atoms with Crippen LogP contribution in [0.1, 0.15) is 19.7 Å². The third kappa shape index (κ3) is 3.99. The molecule has 0 saturated carbocycles. The minimum atomic E-state index is -0.763. The fourth-order valence-corrected chi connectivity index (χ4v) is 2.71. The Kier molecular flexibility index (Phi) is 5.03. The first kappa shape index (κ1) is 17.4. The van der Waals surface area contributed by atoms with E-state index in [2.05, 4.69) is 26.2 Å². The van der Waals surface area contributed by atoms with Crippen LogP contribution < -0.4 is 10.1 Å². The molecule has 3 rings (SSSR count). The molecule has 1 N–H and O–H groups in total. The standard InChI is InChI=1S/C18H16BrFN2O3/c1-3-17-22-14-9-12(5-7-16(14)25-17)21-18(23)10(2)24-15-6-4-11(20)8-13(15)19/h4-10H,3H2,1-2H3,(H,21,23). The first-order valence-electron chi connectivity index (χ1n) is 7.78. The zero-order valence-corrected chi connectivity index (χ0v) is 15.3. The van der Waals surface area contributed by atoms with Gasteiger partial charge in [0, 0.05) is 12.1 Å². The molecule has 0 saturated heterocycles. The summed E-state index contributed by atoms with van der Waals surface area (Å²) < 4.78 is 24.7. The van der Waals surface area contributed by atoms with Crippen molar-refractivity contribution in [3.05, 3.63) is 52.6 Å². The van der Waals surface area contributed by atoms with Crippen LogP contribution in [0.25, 0.3) is 11.1 Å². The second-order valence-corrected chi connectivity index (χ2v) is 6.32. The summed E-state index contributed by atoms with van der Waals surface area (Å²) in [6.07, 6.45) is -0.0608. The van der Waals surface area contributed by atoms with E-state index in [1.54, 1.807) is 25.1 Å². The summed E-state index contributed by atoms with van der Waals surface area (Å²) in [5, 5.41) is 2.78. The van der Waals surface area contributed by atoms with Crippen molar-refractivity contribution in [3.8, 4) is 5.75 Å². The average Bonchev–Trinajstić information content (AvgIpc) is 2.99. The van der Waals surface area contributed by atoms with E-state index in [-0.39, 0.29) is 11.7 Å². The van der Waals surface area contributed by atoms with Crippen molar-refractivity contribution in [3.63, 3.8) is 0 Å². The third-order valence-electron chi connectivity index (χ3n) is 3.57. The molecular weight excluding hydrogens is 391 g/mol. The van der Waals surface area contributed by atoms with Gasteiger partial charge in [0.25, 0.3) is 5.91 Å². The van der Waals surface area contributed by atoms with Crippen molar-refractivity contribution in [1.82, 2.24) is 4.98 Å². The Hall–Kier alpha value is -2.41. The Morgan fingerprint density at radius 2 is 2.16 bits per heavy atom. The molecule has 1 unspecified atom stereocenters. The van der Waals surface area contributed by atoms with Crippen molar-refractivity contribution in [2.24, 2.45) is 0 Å². The van der Waals surface area contributed by atoms with Gasteiger partial charge in [-0.1, -0.05) is 6.92 Å². The van der Waals surface area contributed by atoms with Gasteiger partial charge >= 0.3 is 0 Å². The molecule has 0 aliphatic rings. The summed E-state index contributed by atoms with van der Waals surface area (Å²) in [5.41, 5.74) is 1.96. The second kappa shape index (κ2) is 7.23. The van der Waals surface area contributed by atoms with Crippen molar-refractivity contribution in [2.45, 2.75) is 26.4 Å². The van der Waals surface area contributed by atoms with E-state index in [1.807, 2.05) is 6.92 Å². The largest absolute Gasteiger partial charge is 0.480 e. The predicted molar refractivity (Wildman–Crippen MR) is 96.2 cm³/mol.